The summed E-state index contributed by atoms with van der Waals surface area (Å²) in [7, 11) is -3.80. The van der Waals surface area contributed by atoms with Crippen molar-refractivity contribution in [3.63, 3.8) is 0 Å². The molecular formula is C24H31N3O5S. The van der Waals surface area contributed by atoms with E-state index in [1.165, 1.54) is 13.0 Å². The summed E-state index contributed by atoms with van der Waals surface area (Å²) in [6.07, 6.45) is -0.187. The Morgan fingerprint density at radius 1 is 1.15 bits per heavy atom. The predicted molar refractivity (Wildman–Crippen MR) is 130 cm³/mol. The summed E-state index contributed by atoms with van der Waals surface area (Å²) in [5.41, 5.74) is 3.57. The standard InChI is InChI=1S/C24H31N3O5S/c1-6-27(7-2)18-8-9-19(15(3)10-18)25-23(28)12-17(5)33(30,31)22-13-21-20(11-16(22)4)26-24(29)14-32-21/h8-11,13,17H,6-7,12,14H2,1-5H3,(H,25,28)(H,26,29)/t17-/m1/s1. The van der Waals surface area contributed by atoms with E-state index in [1.54, 1.807) is 13.0 Å². The number of carbonyl (C=O) groups excluding carboxylic acids is 2. The van der Waals surface area contributed by atoms with Crippen LogP contribution in [0.3, 0.4) is 0 Å². The van der Waals surface area contributed by atoms with E-state index >= 15 is 0 Å². The van der Waals surface area contributed by atoms with E-state index < -0.39 is 15.1 Å². The molecule has 1 aliphatic rings. The number of anilines is 3. The minimum atomic E-state index is -3.80. The summed E-state index contributed by atoms with van der Waals surface area (Å²) < 4.78 is 31.8. The van der Waals surface area contributed by atoms with Crippen LogP contribution in [0.5, 0.6) is 5.75 Å². The van der Waals surface area contributed by atoms with Crippen LogP contribution in [0, 0.1) is 13.8 Å². The lowest BCUT2D eigenvalue weighted by molar-refractivity contribution is -0.118. The van der Waals surface area contributed by atoms with E-state index in [9.17, 15) is 18.0 Å². The zero-order valence-corrected chi connectivity index (χ0v) is 20.5. The third-order valence-electron chi connectivity index (χ3n) is 5.83. The molecule has 0 fully saturated rings. The van der Waals surface area contributed by atoms with Crippen molar-refractivity contribution in [2.45, 2.75) is 51.2 Å². The molecule has 0 saturated carbocycles. The van der Waals surface area contributed by atoms with Gasteiger partial charge in [-0.15, -0.1) is 0 Å². The Kier molecular flexibility index (Phi) is 7.31. The van der Waals surface area contributed by atoms with Gasteiger partial charge in [0, 0.05) is 37.0 Å². The molecular weight excluding hydrogens is 442 g/mol. The molecule has 178 valence electrons. The van der Waals surface area contributed by atoms with Crippen LogP contribution in [0.25, 0.3) is 0 Å². The monoisotopic (exact) mass is 473 g/mol. The molecule has 2 aromatic carbocycles. The van der Waals surface area contributed by atoms with Gasteiger partial charge in [-0.2, -0.15) is 0 Å². The van der Waals surface area contributed by atoms with Crippen LogP contribution in [0.2, 0.25) is 0 Å². The number of rotatable bonds is 8. The molecule has 0 spiro atoms. The van der Waals surface area contributed by atoms with Crippen molar-refractivity contribution in [2.24, 2.45) is 0 Å². The Hall–Kier alpha value is -3.07. The van der Waals surface area contributed by atoms with Crippen molar-refractivity contribution in [1.82, 2.24) is 0 Å². The minimum absolute atomic E-state index is 0.0949. The maximum atomic E-state index is 13.2. The fourth-order valence-corrected chi connectivity index (χ4v) is 5.47. The first-order chi connectivity index (χ1) is 15.6. The van der Waals surface area contributed by atoms with Gasteiger partial charge >= 0.3 is 0 Å². The number of benzene rings is 2. The molecule has 0 saturated heterocycles. The number of sulfone groups is 1. The fraction of sp³-hybridized carbons (Fsp3) is 0.417. The molecule has 2 aromatic rings. The highest BCUT2D eigenvalue weighted by molar-refractivity contribution is 7.92. The Bertz CT molecular complexity index is 1170. The van der Waals surface area contributed by atoms with Crippen LogP contribution in [0.15, 0.2) is 35.2 Å². The van der Waals surface area contributed by atoms with Gasteiger partial charge in [-0.1, -0.05) is 0 Å². The Morgan fingerprint density at radius 2 is 1.85 bits per heavy atom. The summed E-state index contributed by atoms with van der Waals surface area (Å²) in [6, 6.07) is 8.80. The highest BCUT2D eigenvalue weighted by atomic mass is 32.2. The quantitative estimate of drug-likeness (QED) is 0.606. The molecule has 0 aromatic heterocycles. The summed E-state index contributed by atoms with van der Waals surface area (Å²) in [5, 5.41) is 4.57. The molecule has 9 heteroatoms. The van der Waals surface area contributed by atoms with Gasteiger partial charge in [0.1, 0.15) is 5.75 Å². The minimum Gasteiger partial charge on any atom is -0.482 e. The largest absolute Gasteiger partial charge is 0.482 e. The third-order valence-corrected chi connectivity index (χ3v) is 8.11. The molecule has 1 atom stereocenters. The van der Waals surface area contributed by atoms with Crippen LogP contribution in [0.1, 0.15) is 38.3 Å². The first-order valence-corrected chi connectivity index (χ1v) is 12.6. The number of fused-ring (bicyclic) bond motifs is 1. The number of hydrogen-bond acceptors (Lipinski definition) is 6. The van der Waals surface area contributed by atoms with Crippen molar-refractivity contribution in [3.05, 3.63) is 41.5 Å². The van der Waals surface area contributed by atoms with Gasteiger partial charge < -0.3 is 20.3 Å². The molecule has 1 aliphatic heterocycles. The molecule has 0 bridgehead atoms. The molecule has 0 radical (unpaired) electrons. The van der Waals surface area contributed by atoms with Crippen LogP contribution >= 0.6 is 0 Å². The Labute approximate surface area is 195 Å². The fourth-order valence-electron chi connectivity index (χ4n) is 3.88. The van der Waals surface area contributed by atoms with Gasteiger partial charge in [0.05, 0.1) is 15.8 Å². The number of carbonyl (C=O) groups is 2. The summed E-state index contributed by atoms with van der Waals surface area (Å²) in [4.78, 5) is 26.5. The van der Waals surface area contributed by atoms with Gasteiger partial charge in [-0.3, -0.25) is 9.59 Å². The lowest BCUT2D eigenvalue weighted by atomic mass is 10.1. The normalized spacial score (nSPS) is 14.0. The van der Waals surface area contributed by atoms with E-state index in [-0.39, 0.29) is 29.7 Å². The summed E-state index contributed by atoms with van der Waals surface area (Å²) >= 11 is 0. The molecule has 3 rings (SSSR count). The third kappa shape index (κ3) is 5.30. The number of aryl methyl sites for hydroxylation is 2. The maximum absolute atomic E-state index is 13.2. The zero-order valence-electron chi connectivity index (χ0n) is 19.7. The Balaban J connectivity index is 1.74. The van der Waals surface area contributed by atoms with Crippen LogP contribution in [-0.4, -0.2) is 45.2 Å². The molecule has 0 aliphatic carbocycles. The lowest BCUT2D eigenvalue weighted by Gasteiger charge is -2.22. The maximum Gasteiger partial charge on any atom is 0.262 e. The molecule has 1 heterocycles. The number of nitrogens with one attached hydrogen (secondary N) is 2. The van der Waals surface area contributed by atoms with Gasteiger partial charge in [0.25, 0.3) is 5.91 Å². The van der Waals surface area contributed by atoms with Crippen LogP contribution in [0.4, 0.5) is 17.1 Å². The van der Waals surface area contributed by atoms with Gasteiger partial charge in [0.15, 0.2) is 16.4 Å². The average Bonchev–Trinajstić information content (AvgIpc) is 2.75. The highest BCUT2D eigenvalue weighted by Gasteiger charge is 2.29. The van der Waals surface area contributed by atoms with E-state index in [0.29, 0.717) is 22.7 Å². The van der Waals surface area contributed by atoms with Crippen molar-refractivity contribution in [3.8, 4) is 5.75 Å². The molecule has 2 N–H and O–H groups in total. The van der Waals surface area contributed by atoms with Crippen LogP contribution < -0.4 is 20.3 Å². The SMILES string of the molecule is CCN(CC)c1ccc(NC(=O)C[C@@H](C)S(=O)(=O)c2cc3c(cc2C)NC(=O)CO3)c(C)c1. The van der Waals surface area contributed by atoms with E-state index in [0.717, 1.165) is 24.3 Å². The molecule has 0 unspecified atom stereocenters. The van der Waals surface area contributed by atoms with Gasteiger partial charge in [0.2, 0.25) is 5.91 Å². The first-order valence-electron chi connectivity index (χ1n) is 11.0. The van der Waals surface area contributed by atoms with Crippen molar-refractivity contribution >= 4 is 38.7 Å². The van der Waals surface area contributed by atoms with E-state index in [4.69, 9.17) is 4.74 Å². The lowest BCUT2D eigenvalue weighted by Crippen LogP contribution is -2.28. The smallest absolute Gasteiger partial charge is 0.262 e. The number of nitrogens with zero attached hydrogens (tertiary/aromatic N) is 1. The topological polar surface area (TPSA) is 105 Å². The second-order valence-electron chi connectivity index (χ2n) is 8.23. The first kappa shape index (κ1) is 24.6. The molecule has 33 heavy (non-hydrogen) atoms. The summed E-state index contributed by atoms with van der Waals surface area (Å²) in [6.45, 7) is 10.9. The van der Waals surface area contributed by atoms with Gasteiger partial charge in [-0.05, 0) is 70.0 Å². The predicted octanol–water partition coefficient (Wildman–Crippen LogP) is 3.67. The summed E-state index contributed by atoms with van der Waals surface area (Å²) in [5.74, 6) is -0.355. The number of hydrogen-bond donors (Lipinski definition) is 2. The van der Waals surface area contributed by atoms with Gasteiger partial charge in [-0.25, -0.2) is 8.42 Å². The van der Waals surface area contributed by atoms with Crippen molar-refractivity contribution in [1.29, 1.82) is 0 Å². The number of ether oxygens (including phenoxy) is 1. The van der Waals surface area contributed by atoms with E-state index in [1.807, 2.05) is 25.1 Å². The van der Waals surface area contributed by atoms with E-state index in [2.05, 4.69) is 29.4 Å². The van der Waals surface area contributed by atoms with Crippen molar-refractivity contribution < 1.29 is 22.7 Å². The second kappa shape index (κ2) is 9.82. The molecule has 2 amide bonds. The highest BCUT2D eigenvalue weighted by Crippen LogP contribution is 2.34. The second-order valence-corrected chi connectivity index (χ2v) is 10.6. The molecule has 8 nitrogen and oxygen atoms in total. The van der Waals surface area contributed by atoms with Crippen molar-refractivity contribution in [2.75, 3.05) is 35.2 Å². The average molecular weight is 474 g/mol. The van der Waals surface area contributed by atoms with Crippen LogP contribution in [-0.2, 0) is 19.4 Å². The number of amides is 2. The Morgan fingerprint density at radius 3 is 2.48 bits per heavy atom. The zero-order chi connectivity index (χ0) is 24.3.